The fraction of sp³-hybridized carbons (Fsp3) is 0.148. The van der Waals surface area contributed by atoms with E-state index in [1.165, 1.54) is 30.2 Å². The molecule has 1 saturated heterocycles. The highest BCUT2D eigenvalue weighted by atomic mass is 32.1. The Hall–Kier alpha value is -4.24. The van der Waals surface area contributed by atoms with Gasteiger partial charge in [0.1, 0.15) is 23.1 Å². The van der Waals surface area contributed by atoms with Crippen molar-refractivity contribution < 1.29 is 28.6 Å². The van der Waals surface area contributed by atoms with E-state index in [4.69, 9.17) is 9.47 Å². The van der Waals surface area contributed by atoms with Crippen LogP contribution in [-0.4, -0.2) is 35.5 Å². The summed E-state index contributed by atoms with van der Waals surface area (Å²) in [7, 11) is 1.51. The molecule has 3 aromatic carbocycles. The summed E-state index contributed by atoms with van der Waals surface area (Å²) in [6.45, 7) is 2.35. The highest BCUT2D eigenvalue weighted by Gasteiger charge is 2.48. The van der Waals surface area contributed by atoms with Gasteiger partial charge in [0.25, 0.3) is 5.78 Å². The van der Waals surface area contributed by atoms with E-state index in [1.807, 2.05) is 6.92 Å². The largest absolute Gasteiger partial charge is 0.507 e. The minimum Gasteiger partial charge on any atom is -0.507 e. The molecule has 1 amide bonds. The molecule has 0 aliphatic carbocycles. The molecule has 2 heterocycles. The average molecular weight is 505 g/mol. The molecule has 1 unspecified atom stereocenters. The van der Waals surface area contributed by atoms with Gasteiger partial charge in [-0.25, -0.2) is 9.37 Å². The number of anilines is 1. The molecular weight excluding hydrogens is 483 g/mol. The van der Waals surface area contributed by atoms with Crippen molar-refractivity contribution >= 4 is 44.1 Å². The topological polar surface area (TPSA) is 89.0 Å². The van der Waals surface area contributed by atoms with Gasteiger partial charge < -0.3 is 14.6 Å². The second kappa shape index (κ2) is 9.43. The van der Waals surface area contributed by atoms with Crippen molar-refractivity contribution in [2.45, 2.75) is 13.0 Å². The predicted octanol–water partition coefficient (Wildman–Crippen LogP) is 5.47. The van der Waals surface area contributed by atoms with Crippen molar-refractivity contribution in [3.8, 4) is 11.5 Å². The maximum absolute atomic E-state index is 13.8. The molecule has 4 aromatic rings. The van der Waals surface area contributed by atoms with Crippen molar-refractivity contribution in [2.75, 3.05) is 18.6 Å². The zero-order chi connectivity index (χ0) is 25.4. The van der Waals surface area contributed by atoms with Crippen molar-refractivity contribution in [1.29, 1.82) is 0 Å². The van der Waals surface area contributed by atoms with E-state index in [1.54, 1.807) is 48.5 Å². The first-order chi connectivity index (χ1) is 17.4. The number of hydrogen-bond donors (Lipinski definition) is 1. The van der Waals surface area contributed by atoms with Crippen LogP contribution in [0, 0.1) is 5.82 Å². The molecule has 0 spiro atoms. The lowest BCUT2D eigenvalue weighted by Crippen LogP contribution is -2.29. The molecule has 0 bridgehead atoms. The lowest BCUT2D eigenvalue weighted by molar-refractivity contribution is -0.132. The SMILES string of the molecule is CCOc1ccc(C(O)=C2C(=O)C(=O)N(c3nc4ccc(F)cc4s3)C2c2cccc(OC)c2)cc1. The van der Waals surface area contributed by atoms with Crippen LogP contribution in [0.25, 0.3) is 16.0 Å². The Bertz CT molecular complexity index is 1510. The summed E-state index contributed by atoms with van der Waals surface area (Å²) < 4.78 is 25.1. The van der Waals surface area contributed by atoms with Gasteiger partial charge in [-0.3, -0.25) is 14.5 Å². The average Bonchev–Trinajstić information content (AvgIpc) is 3.42. The van der Waals surface area contributed by atoms with Crippen molar-refractivity contribution in [3.63, 3.8) is 0 Å². The maximum Gasteiger partial charge on any atom is 0.301 e. The van der Waals surface area contributed by atoms with Crippen molar-refractivity contribution in [3.05, 3.63) is 89.2 Å². The molecule has 0 saturated carbocycles. The van der Waals surface area contributed by atoms with E-state index in [9.17, 15) is 19.1 Å². The Morgan fingerprint density at radius 2 is 1.86 bits per heavy atom. The number of aromatic nitrogens is 1. The number of benzene rings is 3. The number of aliphatic hydroxyl groups is 1. The van der Waals surface area contributed by atoms with Gasteiger partial charge in [-0.2, -0.15) is 0 Å². The fourth-order valence-electron chi connectivity index (χ4n) is 4.18. The number of halogens is 1. The summed E-state index contributed by atoms with van der Waals surface area (Å²) in [5.41, 5.74) is 1.32. The summed E-state index contributed by atoms with van der Waals surface area (Å²) in [4.78, 5) is 32.4. The second-order valence-electron chi connectivity index (χ2n) is 8.01. The highest BCUT2D eigenvalue weighted by Crippen LogP contribution is 2.45. The second-order valence-corrected chi connectivity index (χ2v) is 9.02. The number of aliphatic hydroxyl groups excluding tert-OH is 1. The van der Waals surface area contributed by atoms with Gasteiger partial charge in [-0.1, -0.05) is 23.5 Å². The third-order valence-corrected chi connectivity index (χ3v) is 6.86. The summed E-state index contributed by atoms with van der Waals surface area (Å²) in [6, 6.07) is 16.7. The van der Waals surface area contributed by atoms with Crippen LogP contribution in [0.2, 0.25) is 0 Å². The third kappa shape index (κ3) is 4.07. The molecule has 1 N–H and O–H groups in total. The molecule has 1 atom stereocenters. The molecule has 0 radical (unpaired) electrons. The summed E-state index contributed by atoms with van der Waals surface area (Å²) in [5, 5.41) is 11.5. The first kappa shape index (κ1) is 23.5. The van der Waals surface area contributed by atoms with Crippen molar-refractivity contribution in [2.24, 2.45) is 0 Å². The zero-order valence-corrected chi connectivity index (χ0v) is 20.2. The third-order valence-electron chi connectivity index (χ3n) is 5.84. The molecule has 1 aliphatic rings. The number of methoxy groups -OCH3 is 1. The van der Waals surface area contributed by atoms with Gasteiger partial charge in [0.15, 0.2) is 5.13 Å². The van der Waals surface area contributed by atoms with Crippen LogP contribution in [-0.2, 0) is 9.59 Å². The van der Waals surface area contributed by atoms with E-state index in [0.717, 1.165) is 11.3 Å². The normalized spacial score (nSPS) is 17.1. The highest BCUT2D eigenvalue weighted by molar-refractivity contribution is 7.22. The first-order valence-corrected chi connectivity index (χ1v) is 12.0. The molecular formula is C27H21FN2O5S. The number of nitrogens with zero attached hydrogens (tertiary/aromatic N) is 2. The molecule has 36 heavy (non-hydrogen) atoms. The van der Waals surface area contributed by atoms with Gasteiger partial charge in [0.2, 0.25) is 0 Å². The fourth-order valence-corrected chi connectivity index (χ4v) is 5.19. The number of Topliss-reactive ketones (excluding diaryl/α,β-unsaturated/α-hetero) is 1. The van der Waals surface area contributed by atoms with E-state index < -0.39 is 23.5 Å². The monoisotopic (exact) mass is 504 g/mol. The lowest BCUT2D eigenvalue weighted by atomic mass is 9.95. The van der Waals surface area contributed by atoms with E-state index >= 15 is 0 Å². The molecule has 182 valence electrons. The van der Waals surface area contributed by atoms with Crippen LogP contribution in [0.5, 0.6) is 11.5 Å². The Morgan fingerprint density at radius 1 is 1.08 bits per heavy atom. The number of rotatable bonds is 6. The van der Waals surface area contributed by atoms with Crippen LogP contribution in [0.3, 0.4) is 0 Å². The van der Waals surface area contributed by atoms with Crippen LogP contribution >= 0.6 is 11.3 Å². The molecule has 5 rings (SSSR count). The van der Waals surface area contributed by atoms with Crippen LogP contribution in [0.15, 0.2) is 72.3 Å². The standard InChI is InChI=1S/C27H21FN2O5S/c1-3-35-18-10-7-15(8-11-18)24(31)22-23(16-5-4-6-19(13-16)34-2)30(26(33)25(22)32)27-29-20-12-9-17(28)14-21(20)36-27/h4-14,23,31H,3H2,1-2H3. The molecule has 1 aromatic heterocycles. The number of hydrogen-bond acceptors (Lipinski definition) is 7. The number of fused-ring (bicyclic) bond motifs is 1. The Labute approximate surface area is 210 Å². The number of amides is 1. The quantitative estimate of drug-likeness (QED) is 0.213. The maximum atomic E-state index is 13.8. The number of ether oxygens (including phenoxy) is 2. The Kier molecular flexibility index (Phi) is 6.15. The van der Waals surface area contributed by atoms with Gasteiger partial charge in [-0.05, 0) is 67.1 Å². The molecule has 1 aliphatic heterocycles. The van der Waals surface area contributed by atoms with Gasteiger partial charge in [0, 0.05) is 5.56 Å². The predicted molar refractivity (Wildman–Crippen MR) is 135 cm³/mol. The van der Waals surface area contributed by atoms with Gasteiger partial charge >= 0.3 is 5.91 Å². The molecule has 7 nitrogen and oxygen atoms in total. The van der Waals surface area contributed by atoms with E-state index in [-0.39, 0.29) is 16.5 Å². The van der Waals surface area contributed by atoms with Crippen LogP contribution in [0.1, 0.15) is 24.1 Å². The first-order valence-electron chi connectivity index (χ1n) is 11.2. The number of carbonyl (C=O) groups is 2. The minimum atomic E-state index is -0.975. The number of carbonyl (C=O) groups excluding carboxylic acids is 2. The zero-order valence-electron chi connectivity index (χ0n) is 19.4. The van der Waals surface area contributed by atoms with E-state index in [0.29, 0.717) is 39.4 Å². The summed E-state index contributed by atoms with van der Waals surface area (Å²) in [5.74, 6) is -1.31. The van der Waals surface area contributed by atoms with Crippen LogP contribution in [0.4, 0.5) is 9.52 Å². The number of thiazole rings is 1. The Morgan fingerprint density at radius 3 is 2.58 bits per heavy atom. The number of ketones is 1. The van der Waals surface area contributed by atoms with Crippen molar-refractivity contribution in [1.82, 2.24) is 4.98 Å². The smallest absolute Gasteiger partial charge is 0.301 e. The van der Waals surface area contributed by atoms with Gasteiger partial charge in [-0.15, -0.1) is 0 Å². The summed E-state index contributed by atoms with van der Waals surface area (Å²) >= 11 is 1.09. The Balaban J connectivity index is 1.69. The summed E-state index contributed by atoms with van der Waals surface area (Å²) in [6.07, 6.45) is 0. The lowest BCUT2D eigenvalue weighted by Gasteiger charge is -2.23. The minimum absolute atomic E-state index is 0.0807. The van der Waals surface area contributed by atoms with Crippen LogP contribution < -0.4 is 14.4 Å². The van der Waals surface area contributed by atoms with E-state index in [2.05, 4.69) is 4.98 Å². The molecule has 9 heteroatoms. The molecule has 1 fully saturated rings. The van der Waals surface area contributed by atoms with Gasteiger partial charge in [0.05, 0.1) is 35.5 Å².